The van der Waals surface area contributed by atoms with Gasteiger partial charge in [-0.15, -0.1) is 0 Å². The van der Waals surface area contributed by atoms with E-state index in [2.05, 4.69) is 29.2 Å². The highest BCUT2D eigenvalue weighted by molar-refractivity contribution is 5.70. The molecule has 2 fully saturated rings. The minimum absolute atomic E-state index is 0.171. The van der Waals surface area contributed by atoms with Crippen molar-refractivity contribution in [2.75, 3.05) is 13.1 Å². The topological polar surface area (TPSA) is 40.5 Å². The van der Waals surface area contributed by atoms with E-state index in [0.29, 0.717) is 6.54 Å². The van der Waals surface area contributed by atoms with E-state index in [4.69, 9.17) is 5.11 Å². The summed E-state index contributed by atoms with van der Waals surface area (Å²) in [5, 5.41) is 8.97. The number of likely N-dealkylation sites (tertiary alicyclic amines) is 1. The summed E-state index contributed by atoms with van der Waals surface area (Å²) >= 11 is 0. The quantitative estimate of drug-likeness (QED) is 0.886. The van der Waals surface area contributed by atoms with Crippen LogP contribution in [0.3, 0.4) is 0 Å². The second-order valence-electron chi connectivity index (χ2n) is 5.57. The number of carbonyl (C=O) groups is 1. The van der Waals surface area contributed by atoms with Gasteiger partial charge < -0.3 is 5.11 Å². The van der Waals surface area contributed by atoms with Crippen molar-refractivity contribution in [3.63, 3.8) is 0 Å². The van der Waals surface area contributed by atoms with E-state index in [1.807, 2.05) is 0 Å². The Balaban J connectivity index is 1.57. The summed E-state index contributed by atoms with van der Waals surface area (Å²) in [4.78, 5) is 13.1. The molecule has 0 aromatic heterocycles. The maximum atomic E-state index is 10.9. The molecule has 0 amide bonds. The number of carboxylic acids is 1. The normalized spacial score (nSPS) is 24.3. The predicted octanol–water partition coefficient (Wildman–Crippen LogP) is 2.47. The van der Waals surface area contributed by atoms with Crippen LogP contribution in [0.15, 0.2) is 24.3 Å². The average Bonchev–Trinajstić information content (AvgIpc) is 3.10. The highest BCUT2D eigenvalue weighted by atomic mass is 16.4. The summed E-state index contributed by atoms with van der Waals surface area (Å²) in [7, 11) is 0. The Morgan fingerprint density at radius 2 is 1.94 bits per heavy atom. The number of carboxylic acid groups (broad SMARTS) is 1. The van der Waals surface area contributed by atoms with Gasteiger partial charge in [0.1, 0.15) is 0 Å². The third-order valence-electron chi connectivity index (χ3n) is 4.06. The molecule has 3 nitrogen and oxygen atoms in total. The van der Waals surface area contributed by atoms with Crippen LogP contribution in [0.1, 0.15) is 36.3 Å². The number of aliphatic carboxylic acids is 1. The van der Waals surface area contributed by atoms with Crippen molar-refractivity contribution in [3.8, 4) is 0 Å². The minimum atomic E-state index is -0.651. The maximum absolute atomic E-state index is 10.9. The summed E-state index contributed by atoms with van der Waals surface area (Å²) in [5.41, 5.74) is 2.76. The first-order chi connectivity index (χ1) is 8.72. The van der Waals surface area contributed by atoms with Gasteiger partial charge >= 0.3 is 5.97 Å². The molecule has 0 radical (unpaired) electrons. The van der Waals surface area contributed by atoms with Gasteiger partial charge in [0.2, 0.25) is 0 Å². The second-order valence-corrected chi connectivity index (χ2v) is 5.57. The molecule has 2 aliphatic rings. The lowest BCUT2D eigenvalue weighted by Crippen LogP contribution is -2.22. The standard InChI is InChI=1S/C15H19NO2/c17-15(18)14-7-8-16(10-14)9-11-1-3-12(4-2-11)13-5-6-13/h1-4,13-14H,5-10H2,(H,17,18). The molecule has 1 atom stereocenters. The van der Waals surface area contributed by atoms with Crippen molar-refractivity contribution in [2.45, 2.75) is 31.7 Å². The Bertz CT molecular complexity index is 436. The van der Waals surface area contributed by atoms with E-state index in [0.717, 1.165) is 25.4 Å². The zero-order chi connectivity index (χ0) is 12.5. The summed E-state index contributed by atoms with van der Waals surface area (Å²) < 4.78 is 0. The van der Waals surface area contributed by atoms with Crippen molar-refractivity contribution >= 4 is 5.97 Å². The SMILES string of the molecule is O=C(O)C1CCN(Cc2ccc(C3CC3)cc2)C1. The van der Waals surface area contributed by atoms with Gasteiger partial charge in [0, 0.05) is 13.1 Å². The van der Waals surface area contributed by atoms with Gasteiger partial charge in [0.25, 0.3) is 0 Å². The Morgan fingerprint density at radius 3 is 2.50 bits per heavy atom. The molecule has 1 heterocycles. The van der Waals surface area contributed by atoms with Crippen molar-refractivity contribution in [2.24, 2.45) is 5.92 Å². The zero-order valence-electron chi connectivity index (χ0n) is 10.5. The number of hydrogen-bond donors (Lipinski definition) is 1. The van der Waals surface area contributed by atoms with Crippen LogP contribution in [0.25, 0.3) is 0 Å². The fourth-order valence-electron chi connectivity index (χ4n) is 2.75. The third kappa shape index (κ3) is 2.56. The molecule has 0 spiro atoms. The van der Waals surface area contributed by atoms with E-state index in [1.54, 1.807) is 0 Å². The molecule has 96 valence electrons. The Labute approximate surface area is 107 Å². The smallest absolute Gasteiger partial charge is 0.307 e. The minimum Gasteiger partial charge on any atom is -0.481 e. The number of nitrogens with zero attached hydrogens (tertiary/aromatic N) is 1. The molecule has 1 N–H and O–H groups in total. The summed E-state index contributed by atoms with van der Waals surface area (Å²) in [6.07, 6.45) is 3.47. The van der Waals surface area contributed by atoms with E-state index in [9.17, 15) is 4.79 Å². The number of benzene rings is 1. The van der Waals surface area contributed by atoms with Gasteiger partial charge in [0.05, 0.1) is 5.92 Å². The highest BCUT2D eigenvalue weighted by Crippen LogP contribution is 2.39. The van der Waals surface area contributed by atoms with Crippen LogP contribution in [-0.2, 0) is 11.3 Å². The monoisotopic (exact) mass is 245 g/mol. The average molecular weight is 245 g/mol. The van der Waals surface area contributed by atoms with Crippen molar-refractivity contribution in [3.05, 3.63) is 35.4 Å². The summed E-state index contributed by atoms with van der Waals surface area (Å²) in [6.45, 7) is 2.48. The summed E-state index contributed by atoms with van der Waals surface area (Å²) in [6, 6.07) is 8.86. The van der Waals surface area contributed by atoms with Crippen LogP contribution < -0.4 is 0 Å². The van der Waals surface area contributed by atoms with Crippen LogP contribution in [0.4, 0.5) is 0 Å². The predicted molar refractivity (Wildman–Crippen MR) is 69.4 cm³/mol. The fourth-order valence-corrected chi connectivity index (χ4v) is 2.75. The molecule has 1 unspecified atom stereocenters. The lowest BCUT2D eigenvalue weighted by molar-refractivity contribution is -0.141. The maximum Gasteiger partial charge on any atom is 0.307 e. The largest absolute Gasteiger partial charge is 0.481 e. The Morgan fingerprint density at radius 1 is 1.22 bits per heavy atom. The molecule has 3 rings (SSSR count). The first-order valence-corrected chi connectivity index (χ1v) is 6.76. The number of hydrogen-bond acceptors (Lipinski definition) is 2. The Hall–Kier alpha value is -1.35. The van der Waals surface area contributed by atoms with Crippen LogP contribution in [-0.4, -0.2) is 29.1 Å². The van der Waals surface area contributed by atoms with Gasteiger partial charge in [-0.05, 0) is 42.9 Å². The van der Waals surface area contributed by atoms with Crippen LogP contribution in [0.5, 0.6) is 0 Å². The molecule has 1 saturated heterocycles. The van der Waals surface area contributed by atoms with Gasteiger partial charge in [0.15, 0.2) is 0 Å². The molecule has 1 saturated carbocycles. The van der Waals surface area contributed by atoms with Crippen molar-refractivity contribution in [1.82, 2.24) is 4.90 Å². The first-order valence-electron chi connectivity index (χ1n) is 6.76. The van der Waals surface area contributed by atoms with Gasteiger partial charge in [-0.25, -0.2) is 0 Å². The van der Waals surface area contributed by atoms with E-state index < -0.39 is 5.97 Å². The molecule has 1 aromatic rings. The molecular formula is C15H19NO2. The Kier molecular flexibility index (Phi) is 3.08. The second kappa shape index (κ2) is 4.73. The van der Waals surface area contributed by atoms with E-state index in [-0.39, 0.29) is 5.92 Å². The van der Waals surface area contributed by atoms with Crippen LogP contribution >= 0.6 is 0 Å². The molecule has 1 aromatic carbocycles. The molecule has 18 heavy (non-hydrogen) atoms. The molecular weight excluding hydrogens is 226 g/mol. The van der Waals surface area contributed by atoms with Gasteiger partial charge in [-0.1, -0.05) is 24.3 Å². The van der Waals surface area contributed by atoms with Crippen molar-refractivity contribution in [1.29, 1.82) is 0 Å². The fraction of sp³-hybridized carbons (Fsp3) is 0.533. The van der Waals surface area contributed by atoms with Gasteiger partial charge in [-0.2, -0.15) is 0 Å². The summed E-state index contributed by atoms with van der Waals surface area (Å²) in [5.74, 6) is -0.0143. The van der Waals surface area contributed by atoms with E-state index >= 15 is 0 Å². The van der Waals surface area contributed by atoms with E-state index in [1.165, 1.54) is 24.0 Å². The molecule has 0 bridgehead atoms. The van der Waals surface area contributed by atoms with Gasteiger partial charge in [-0.3, -0.25) is 9.69 Å². The third-order valence-corrected chi connectivity index (χ3v) is 4.06. The van der Waals surface area contributed by atoms with Crippen LogP contribution in [0, 0.1) is 5.92 Å². The molecule has 1 aliphatic heterocycles. The molecule has 1 aliphatic carbocycles. The highest BCUT2D eigenvalue weighted by Gasteiger charge is 2.28. The first kappa shape index (κ1) is 11.7. The van der Waals surface area contributed by atoms with Crippen LogP contribution in [0.2, 0.25) is 0 Å². The zero-order valence-corrected chi connectivity index (χ0v) is 10.5. The van der Waals surface area contributed by atoms with Crippen molar-refractivity contribution < 1.29 is 9.90 Å². The lowest BCUT2D eigenvalue weighted by Gasteiger charge is -2.15. The number of rotatable bonds is 4. The molecule has 3 heteroatoms. The lowest BCUT2D eigenvalue weighted by atomic mass is 10.1.